The van der Waals surface area contributed by atoms with E-state index in [0.717, 1.165) is 38.2 Å². The second kappa shape index (κ2) is 6.10. The number of piperidine rings is 1. The fourth-order valence-corrected chi connectivity index (χ4v) is 2.51. The molecule has 2 heterocycles. The number of rotatable bonds is 3. The average Bonchev–Trinajstić information content (AvgIpc) is 2.42. The molecule has 0 spiro atoms. The van der Waals surface area contributed by atoms with Crippen LogP contribution >= 0.6 is 0 Å². The van der Waals surface area contributed by atoms with Gasteiger partial charge in [0, 0.05) is 19.1 Å². The van der Waals surface area contributed by atoms with Gasteiger partial charge in [-0.1, -0.05) is 6.92 Å². The molecule has 5 nitrogen and oxygen atoms in total. The molecule has 104 valence electrons. The molecule has 1 aliphatic heterocycles. The molecular formula is C14H22N4O. The van der Waals surface area contributed by atoms with E-state index in [1.165, 1.54) is 0 Å². The highest BCUT2D eigenvalue weighted by Gasteiger charge is 2.24. The number of nitrogens with zero attached hydrogens (tertiary/aromatic N) is 3. The van der Waals surface area contributed by atoms with Crippen molar-refractivity contribution in [2.45, 2.75) is 39.7 Å². The predicted molar refractivity (Wildman–Crippen MR) is 74.1 cm³/mol. The highest BCUT2D eigenvalue weighted by molar-refractivity contribution is 5.95. The highest BCUT2D eigenvalue weighted by Crippen LogP contribution is 2.15. The summed E-state index contributed by atoms with van der Waals surface area (Å²) in [6, 6.07) is 2.38. The molecule has 1 aromatic rings. The molecule has 2 rings (SSSR count). The van der Waals surface area contributed by atoms with E-state index in [0.29, 0.717) is 17.3 Å². The molecule has 0 atom stereocenters. The maximum absolute atomic E-state index is 12.5. The third kappa shape index (κ3) is 3.29. The van der Waals surface area contributed by atoms with E-state index in [2.05, 4.69) is 22.4 Å². The van der Waals surface area contributed by atoms with Gasteiger partial charge in [-0.15, -0.1) is 0 Å². The van der Waals surface area contributed by atoms with Crippen LogP contribution in [-0.4, -0.2) is 46.7 Å². The molecule has 1 amide bonds. The monoisotopic (exact) mass is 262 g/mol. The molecule has 1 saturated heterocycles. The summed E-state index contributed by atoms with van der Waals surface area (Å²) in [6.07, 6.45) is 2.05. The standard InChI is InChI=1S/C14H22N4O/c1-4-15-12-5-7-18(8-6-12)14(19)13-9-10(2)16-17-11(13)3/h9,12,15H,4-8H2,1-3H3. The van der Waals surface area contributed by atoms with Gasteiger partial charge >= 0.3 is 0 Å². The summed E-state index contributed by atoms with van der Waals surface area (Å²) in [5.74, 6) is 0.0884. The average molecular weight is 262 g/mol. The van der Waals surface area contributed by atoms with E-state index in [4.69, 9.17) is 0 Å². The first kappa shape index (κ1) is 13.9. The minimum atomic E-state index is 0.0884. The Balaban J connectivity index is 2.03. The quantitative estimate of drug-likeness (QED) is 0.892. The third-order valence-electron chi connectivity index (χ3n) is 3.61. The van der Waals surface area contributed by atoms with Crippen LogP contribution in [0.25, 0.3) is 0 Å². The number of aryl methyl sites for hydroxylation is 2. The molecule has 0 saturated carbocycles. The number of nitrogens with one attached hydrogen (secondary N) is 1. The summed E-state index contributed by atoms with van der Waals surface area (Å²) in [6.45, 7) is 8.44. The van der Waals surface area contributed by atoms with Crippen molar-refractivity contribution in [3.05, 3.63) is 23.0 Å². The predicted octanol–water partition coefficient (Wildman–Crippen LogP) is 1.31. The van der Waals surface area contributed by atoms with Gasteiger partial charge in [-0.25, -0.2) is 0 Å². The fourth-order valence-electron chi connectivity index (χ4n) is 2.51. The Morgan fingerprint density at radius 3 is 2.68 bits per heavy atom. The van der Waals surface area contributed by atoms with E-state index in [1.807, 2.05) is 24.8 Å². The zero-order valence-corrected chi connectivity index (χ0v) is 11.9. The van der Waals surface area contributed by atoms with Gasteiger partial charge in [-0.2, -0.15) is 10.2 Å². The van der Waals surface area contributed by atoms with Crippen LogP contribution in [0, 0.1) is 13.8 Å². The Labute approximate surface area is 114 Å². The molecule has 0 radical (unpaired) electrons. The summed E-state index contributed by atoms with van der Waals surface area (Å²) in [7, 11) is 0. The normalized spacial score (nSPS) is 16.7. The molecule has 1 N–H and O–H groups in total. The molecule has 1 fully saturated rings. The van der Waals surface area contributed by atoms with Crippen LogP contribution in [0.3, 0.4) is 0 Å². The molecule has 0 aromatic carbocycles. The highest BCUT2D eigenvalue weighted by atomic mass is 16.2. The number of likely N-dealkylation sites (tertiary alicyclic amines) is 1. The Bertz CT molecular complexity index is 453. The smallest absolute Gasteiger partial charge is 0.255 e. The van der Waals surface area contributed by atoms with E-state index < -0.39 is 0 Å². The van der Waals surface area contributed by atoms with E-state index in [1.54, 1.807) is 0 Å². The number of carbonyl (C=O) groups is 1. The van der Waals surface area contributed by atoms with Gasteiger partial charge in [0.2, 0.25) is 0 Å². The van der Waals surface area contributed by atoms with Crippen LogP contribution in [0.1, 0.15) is 41.5 Å². The number of amides is 1. The van der Waals surface area contributed by atoms with Crippen molar-refractivity contribution in [1.29, 1.82) is 0 Å². The first-order chi connectivity index (χ1) is 9.11. The maximum atomic E-state index is 12.5. The Hall–Kier alpha value is -1.49. The summed E-state index contributed by atoms with van der Waals surface area (Å²) >= 11 is 0. The molecule has 0 bridgehead atoms. The Morgan fingerprint density at radius 1 is 1.37 bits per heavy atom. The SMILES string of the molecule is CCNC1CCN(C(=O)c2cc(C)nnc2C)CC1. The van der Waals surface area contributed by atoms with E-state index in [-0.39, 0.29) is 5.91 Å². The molecule has 0 aliphatic carbocycles. The summed E-state index contributed by atoms with van der Waals surface area (Å²) < 4.78 is 0. The number of hydrogen-bond acceptors (Lipinski definition) is 4. The molecule has 1 aromatic heterocycles. The van der Waals surface area contributed by atoms with E-state index >= 15 is 0 Å². The van der Waals surface area contributed by atoms with Crippen molar-refractivity contribution in [1.82, 2.24) is 20.4 Å². The van der Waals surface area contributed by atoms with Crippen LogP contribution in [-0.2, 0) is 0 Å². The van der Waals surface area contributed by atoms with Crippen LogP contribution in [0.5, 0.6) is 0 Å². The third-order valence-corrected chi connectivity index (χ3v) is 3.61. The van der Waals surface area contributed by atoms with Crippen molar-refractivity contribution in [2.75, 3.05) is 19.6 Å². The van der Waals surface area contributed by atoms with Gasteiger partial charge in [0.15, 0.2) is 0 Å². The molecule has 0 unspecified atom stereocenters. The van der Waals surface area contributed by atoms with Crippen molar-refractivity contribution in [3.63, 3.8) is 0 Å². The van der Waals surface area contributed by atoms with Gasteiger partial charge < -0.3 is 10.2 Å². The minimum absolute atomic E-state index is 0.0884. The van der Waals surface area contributed by atoms with Gasteiger partial charge in [-0.05, 0) is 39.3 Å². The van der Waals surface area contributed by atoms with Gasteiger partial charge in [0.1, 0.15) is 0 Å². The first-order valence-electron chi connectivity index (χ1n) is 6.95. The van der Waals surface area contributed by atoms with Gasteiger partial charge in [-0.3, -0.25) is 4.79 Å². The van der Waals surface area contributed by atoms with Crippen molar-refractivity contribution < 1.29 is 4.79 Å². The number of aromatic nitrogens is 2. The van der Waals surface area contributed by atoms with Crippen LogP contribution in [0.2, 0.25) is 0 Å². The van der Waals surface area contributed by atoms with Crippen LogP contribution < -0.4 is 5.32 Å². The van der Waals surface area contributed by atoms with Crippen LogP contribution in [0.15, 0.2) is 6.07 Å². The lowest BCUT2D eigenvalue weighted by Crippen LogP contribution is -2.45. The lowest BCUT2D eigenvalue weighted by molar-refractivity contribution is 0.0704. The molecule has 5 heteroatoms. The first-order valence-corrected chi connectivity index (χ1v) is 6.95. The second-order valence-electron chi connectivity index (χ2n) is 5.11. The molecular weight excluding hydrogens is 240 g/mol. The van der Waals surface area contributed by atoms with E-state index in [9.17, 15) is 4.79 Å². The second-order valence-corrected chi connectivity index (χ2v) is 5.11. The zero-order chi connectivity index (χ0) is 13.8. The van der Waals surface area contributed by atoms with Crippen molar-refractivity contribution >= 4 is 5.91 Å². The zero-order valence-electron chi connectivity index (χ0n) is 11.9. The molecule has 19 heavy (non-hydrogen) atoms. The molecule has 1 aliphatic rings. The van der Waals surface area contributed by atoms with Crippen molar-refractivity contribution in [3.8, 4) is 0 Å². The number of carbonyl (C=O) groups excluding carboxylic acids is 1. The summed E-state index contributed by atoms with van der Waals surface area (Å²) in [5, 5.41) is 11.4. The Kier molecular flexibility index (Phi) is 4.47. The van der Waals surface area contributed by atoms with Crippen LogP contribution in [0.4, 0.5) is 0 Å². The van der Waals surface area contributed by atoms with Gasteiger partial charge in [0.05, 0.1) is 17.0 Å². The van der Waals surface area contributed by atoms with Gasteiger partial charge in [0.25, 0.3) is 5.91 Å². The maximum Gasteiger partial charge on any atom is 0.255 e. The Morgan fingerprint density at radius 2 is 2.05 bits per heavy atom. The number of hydrogen-bond donors (Lipinski definition) is 1. The largest absolute Gasteiger partial charge is 0.338 e. The lowest BCUT2D eigenvalue weighted by Gasteiger charge is -2.32. The summed E-state index contributed by atoms with van der Waals surface area (Å²) in [4.78, 5) is 14.4. The fraction of sp³-hybridized carbons (Fsp3) is 0.643. The van der Waals surface area contributed by atoms with Crippen molar-refractivity contribution in [2.24, 2.45) is 0 Å². The lowest BCUT2D eigenvalue weighted by atomic mass is 10.0. The minimum Gasteiger partial charge on any atom is -0.338 e. The summed E-state index contributed by atoms with van der Waals surface area (Å²) in [5.41, 5.74) is 2.19. The topological polar surface area (TPSA) is 58.1 Å².